The van der Waals surface area contributed by atoms with E-state index in [4.69, 9.17) is 0 Å². The first-order chi connectivity index (χ1) is 6.36. The van der Waals surface area contributed by atoms with E-state index < -0.39 is 0 Å². The molecule has 1 aromatic carbocycles. The average molecular weight is 191 g/mol. The molecule has 1 heterocycles. The summed E-state index contributed by atoms with van der Waals surface area (Å²) >= 11 is 1.38. The van der Waals surface area contributed by atoms with Gasteiger partial charge in [0.1, 0.15) is 0 Å². The largest absolute Gasteiger partial charge is 0.292 e. The number of carbonyl (C=O) groups excluding carboxylic acids is 1. The van der Waals surface area contributed by atoms with Gasteiger partial charge in [-0.2, -0.15) is 0 Å². The molecule has 2 rings (SSSR count). The number of nitrogens with one attached hydrogen (secondary N) is 1. The van der Waals surface area contributed by atoms with E-state index in [-0.39, 0.29) is 5.91 Å². The van der Waals surface area contributed by atoms with Crippen LogP contribution in [0, 0.1) is 0 Å². The van der Waals surface area contributed by atoms with Crippen molar-refractivity contribution in [3.8, 4) is 0 Å². The van der Waals surface area contributed by atoms with Crippen molar-refractivity contribution >= 4 is 17.9 Å². The smallest absolute Gasteiger partial charge is 0.253 e. The van der Waals surface area contributed by atoms with Gasteiger partial charge in [-0.3, -0.25) is 9.52 Å². The normalized spacial score (nSPS) is 15.5. The van der Waals surface area contributed by atoms with E-state index in [0.717, 1.165) is 11.3 Å². The van der Waals surface area contributed by atoms with Crippen LogP contribution in [-0.2, 0) is 11.2 Å². The van der Waals surface area contributed by atoms with E-state index >= 15 is 0 Å². The maximum Gasteiger partial charge on any atom is 0.253 e. The molecule has 1 amide bonds. The molecule has 0 unspecified atom stereocenters. The van der Waals surface area contributed by atoms with Crippen LogP contribution < -0.4 is 4.72 Å². The van der Waals surface area contributed by atoms with Gasteiger partial charge in [0, 0.05) is 11.0 Å². The maximum absolute atomic E-state index is 11.0. The van der Waals surface area contributed by atoms with Gasteiger partial charge in [0.05, 0.1) is 0 Å². The van der Waals surface area contributed by atoms with Crippen molar-refractivity contribution < 1.29 is 4.79 Å². The highest BCUT2D eigenvalue weighted by Crippen LogP contribution is 2.21. The highest BCUT2D eigenvalue weighted by molar-refractivity contribution is 7.98. The fraction of sp³-hybridized carbons (Fsp3) is 0.100. The van der Waals surface area contributed by atoms with E-state index in [0.29, 0.717) is 0 Å². The summed E-state index contributed by atoms with van der Waals surface area (Å²) < 4.78 is 2.73. The fourth-order valence-corrected chi connectivity index (χ4v) is 1.91. The topological polar surface area (TPSA) is 29.1 Å². The molecule has 3 heteroatoms. The summed E-state index contributed by atoms with van der Waals surface area (Å²) in [7, 11) is 0. The predicted octanol–water partition coefficient (Wildman–Crippen LogP) is 1.92. The third-order valence-electron chi connectivity index (χ3n) is 1.84. The molecule has 0 atom stereocenters. The van der Waals surface area contributed by atoms with Crippen molar-refractivity contribution in [2.45, 2.75) is 11.3 Å². The Labute approximate surface area is 81.2 Å². The van der Waals surface area contributed by atoms with Gasteiger partial charge in [0.2, 0.25) is 0 Å². The Balaban J connectivity index is 2.33. The lowest BCUT2D eigenvalue weighted by molar-refractivity contribution is -0.114. The second-order valence-corrected chi connectivity index (χ2v) is 3.63. The molecule has 0 aromatic heterocycles. The van der Waals surface area contributed by atoms with Crippen molar-refractivity contribution in [3.63, 3.8) is 0 Å². The minimum absolute atomic E-state index is 0.0421. The number of amides is 1. The standard InChI is InChI=1S/C10H9NOS/c12-10-7-3-5-8-4-1-2-6-9(8)13-11-10/h1-4,6-7H,5H2,(H,11,12). The number of carbonyl (C=O) groups is 1. The summed E-state index contributed by atoms with van der Waals surface area (Å²) in [5.74, 6) is -0.0421. The molecular weight excluding hydrogens is 182 g/mol. The van der Waals surface area contributed by atoms with Crippen LogP contribution in [0.25, 0.3) is 0 Å². The van der Waals surface area contributed by atoms with E-state index in [1.54, 1.807) is 6.08 Å². The Morgan fingerprint density at radius 2 is 2.15 bits per heavy atom. The van der Waals surface area contributed by atoms with Gasteiger partial charge < -0.3 is 0 Å². The Morgan fingerprint density at radius 1 is 1.31 bits per heavy atom. The van der Waals surface area contributed by atoms with Gasteiger partial charge in [-0.15, -0.1) is 0 Å². The van der Waals surface area contributed by atoms with Crippen molar-refractivity contribution in [2.24, 2.45) is 0 Å². The Morgan fingerprint density at radius 3 is 3.08 bits per heavy atom. The summed E-state index contributed by atoms with van der Waals surface area (Å²) in [5, 5.41) is 0. The summed E-state index contributed by atoms with van der Waals surface area (Å²) in [5.41, 5.74) is 1.25. The first-order valence-corrected chi connectivity index (χ1v) is 4.89. The molecule has 0 aliphatic carbocycles. The van der Waals surface area contributed by atoms with Gasteiger partial charge in [-0.1, -0.05) is 24.3 Å². The van der Waals surface area contributed by atoms with Crippen LogP contribution in [0.15, 0.2) is 41.3 Å². The summed E-state index contributed by atoms with van der Waals surface area (Å²) in [4.78, 5) is 12.2. The quantitative estimate of drug-likeness (QED) is 0.635. The molecule has 0 radical (unpaired) electrons. The second kappa shape index (κ2) is 3.66. The molecule has 0 spiro atoms. The van der Waals surface area contributed by atoms with Crippen LogP contribution >= 0.6 is 11.9 Å². The van der Waals surface area contributed by atoms with Crippen molar-refractivity contribution in [3.05, 3.63) is 42.0 Å². The number of hydrogen-bond acceptors (Lipinski definition) is 2. The van der Waals surface area contributed by atoms with Crippen molar-refractivity contribution in [1.29, 1.82) is 0 Å². The van der Waals surface area contributed by atoms with E-state index in [2.05, 4.69) is 10.8 Å². The van der Waals surface area contributed by atoms with Crippen LogP contribution in [0.5, 0.6) is 0 Å². The minimum Gasteiger partial charge on any atom is -0.292 e. The molecule has 0 saturated heterocycles. The fourth-order valence-electron chi connectivity index (χ4n) is 1.20. The van der Waals surface area contributed by atoms with E-state index in [1.165, 1.54) is 17.5 Å². The highest BCUT2D eigenvalue weighted by atomic mass is 32.2. The first kappa shape index (κ1) is 8.38. The molecule has 1 aliphatic rings. The summed E-state index contributed by atoms with van der Waals surface area (Å²) in [6.45, 7) is 0. The highest BCUT2D eigenvalue weighted by Gasteiger charge is 2.05. The Kier molecular flexibility index (Phi) is 2.36. The summed E-state index contributed by atoms with van der Waals surface area (Å²) in [6, 6.07) is 8.07. The second-order valence-electron chi connectivity index (χ2n) is 2.78. The maximum atomic E-state index is 11.0. The zero-order valence-electron chi connectivity index (χ0n) is 6.99. The molecule has 66 valence electrons. The van der Waals surface area contributed by atoms with E-state index in [9.17, 15) is 4.79 Å². The van der Waals surface area contributed by atoms with Crippen LogP contribution in [-0.4, -0.2) is 5.91 Å². The molecule has 1 aliphatic heterocycles. The van der Waals surface area contributed by atoms with Gasteiger partial charge in [-0.05, 0) is 30.0 Å². The van der Waals surface area contributed by atoms with Gasteiger partial charge in [0.15, 0.2) is 0 Å². The SMILES string of the molecule is O=C1C=CCc2ccccc2SN1. The molecule has 0 fully saturated rings. The zero-order chi connectivity index (χ0) is 9.10. The van der Waals surface area contributed by atoms with Crippen LogP contribution in [0.3, 0.4) is 0 Å². The van der Waals surface area contributed by atoms with Crippen molar-refractivity contribution in [2.75, 3.05) is 0 Å². The predicted molar refractivity (Wildman–Crippen MR) is 53.3 cm³/mol. The lowest BCUT2D eigenvalue weighted by Gasteiger charge is -2.09. The molecule has 0 saturated carbocycles. The number of benzene rings is 1. The van der Waals surface area contributed by atoms with Gasteiger partial charge in [-0.25, -0.2) is 0 Å². The minimum atomic E-state index is -0.0421. The molecule has 1 aromatic rings. The number of hydrogen-bond donors (Lipinski definition) is 1. The molecule has 13 heavy (non-hydrogen) atoms. The Hall–Kier alpha value is -1.22. The van der Waals surface area contributed by atoms with Crippen LogP contribution in [0.1, 0.15) is 5.56 Å². The molecule has 2 nitrogen and oxygen atoms in total. The molecule has 1 N–H and O–H groups in total. The lowest BCUT2D eigenvalue weighted by Crippen LogP contribution is -2.13. The molecule has 0 bridgehead atoms. The van der Waals surface area contributed by atoms with Crippen LogP contribution in [0.4, 0.5) is 0 Å². The number of fused-ring (bicyclic) bond motifs is 1. The third kappa shape index (κ3) is 1.92. The van der Waals surface area contributed by atoms with Gasteiger partial charge >= 0.3 is 0 Å². The summed E-state index contributed by atoms with van der Waals surface area (Å²) in [6.07, 6.45) is 4.29. The average Bonchev–Trinajstić information content (AvgIpc) is 2.13. The lowest BCUT2D eigenvalue weighted by atomic mass is 10.1. The molecular formula is C10H9NOS. The zero-order valence-corrected chi connectivity index (χ0v) is 7.80. The van der Waals surface area contributed by atoms with E-state index in [1.807, 2.05) is 24.3 Å². The van der Waals surface area contributed by atoms with Crippen molar-refractivity contribution in [1.82, 2.24) is 4.72 Å². The Bertz CT molecular complexity index is 360. The van der Waals surface area contributed by atoms with Gasteiger partial charge in [0.25, 0.3) is 5.91 Å². The third-order valence-corrected chi connectivity index (χ3v) is 2.76. The number of allylic oxidation sites excluding steroid dienone is 1. The van der Waals surface area contributed by atoms with Crippen LogP contribution in [0.2, 0.25) is 0 Å². The number of rotatable bonds is 0. The monoisotopic (exact) mass is 191 g/mol. The first-order valence-electron chi connectivity index (χ1n) is 4.07.